The predicted octanol–water partition coefficient (Wildman–Crippen LogP) is 2.37. The smallest absolute Gasteiger partial charge is 0.250 e. The largest absolute Gasteiger partial charge is 0.396 e. The van der Waals surface area contributed by atoms with Gasteiger partial charge in [-0.05, 0) is 50.7 Å². The molecule has 226 valence electrons. The van der Waals surface area contributed by atoms with Crippen molar-refractivity contribution in [3.8, 4) is 0 Å². The van der Waals surface area contributed by atoms with Crippen LogP contribution in [-0.2, 0) is 25.8 Å². The minimum atomic E-state index is -1.08. The number of hydrogen-bond donors (Lipinski definition) is 1. The molecule has 2 bridgehead atoms. The molecule has 2 aromatic rings. The second-order valence-corrected chi connectivity index (χ2v) is 11.5. The Labute approximate surface area is 246 Å². The Morgan fingerprint density at radius 3 is 2.64 bits per heavy atom. The first-order valence-electron chi connectivity index (χ1n) is 15.1. The molecule has 0 radical (unpaired) electrons. The predicted molar refractivity (Wildman–Crippen MR) is 157 cm³/mol. The quantitative estimate of drug-likeness (QED) is 0.254. The van der Waals surface area contributed by atoms with Gasteiger partial charge in [-0.2, -0.15) is 0 Å². The van der Waals surface area contributed by atoms with E-state index in [-0.39, 0.29) is 37.5 Å². The van der Waals surface area contributed by atoms with Crippen LogP contribution in [0.3, 0.4) is 0 Å². The van der Waals surface area contributed by atoms with E-state index in [0.717, 1.165) is 23.9 Å². The van der Waals surface area contributed by atoms with Gasteiger partial charge in [-0.1, -0.05) is 36.4 Å². The molecule has 1 N–H and O–H groups in total. The second kappa shape index (κ2) is 12.7. The number of para-hydroxylation sites is 1. The highest BCUT2D eigenvalue weighted by Crippen LogP contribution is 2.59. The molecule has 11 heteroatoms. The summed E-state index contributed by atoms with van der Waals surface area (Å²) in [5, 5.41) is 17.8. The lowest BCUT2D eigenvalue weighted by Crippen LogP contribution is -2.56. The molecule has 3 saturated heterocycles. The molecule has 0 aliphatic carbocycles. The fourth-order valence-electron chi connectivity index (χ4n) is 7.18. The Hall–Kier alpha value is -3.57. The van der Waals surface area contributed by atoms with E-state index >= 15 is 0 Å². The Bertz CT molecular complexity index is 1330. The van der Waals surface area contributed by atoms with E-state index in [1.165, 1.54) is 0 Å². The number of carbonyl (C=O) groups is 3. The number of aromatic nitrogens is 3. The minimum Gasteiger partial charge on any atom is -0.396 e. The third-order valence-corrected chi connectivity index (χ3v) is 8.92. The molecule has 42 heavy (non-hydrogen) atoms. The summed E-state index contributed by atoms with van der Waals surface area (Å²) in [6.07, 6.45) is 6.85. The molecule has 1 aromatic carbocycles. The third kappa shape index (κ3) is 5.13. The van der Waals surface area contributed by atoms with Gasteiger partial charge in [0.05, 0.1) is 23.5 Å². The summed E-state index contributed by atoms with van der Waals surface area (Å²) in [5.41, 5.74) is 0.436. The van der Waals surface area contributed by atoms with Crippen LogP contribution in [0.4, 0.5) is 0 Å². The maximum absolute atomic E-state index is 14.6. The fourth-order valence-corrected chi connectivity index (χ4v) is 7.18. The lowest BCUT2D eigenvalue weighted by atomic mass is 9.70. The van der Waals surface area contributed by atoms with Crippen molar-refractivity contribution in [1.29, 1.82) is 0 Å². The summed E-state index contributed by atoms with van der Waals surface area (Å²) < 4.78 is 8.31. The Balaban J connectivity index is 1.49. The molecule has 3 aliphatic rings. The zero-order valence-corrected chi connectivity index (χ0v) is 24.4. The van der Waals surface area contributed by atoms with Crippen LogP contribution in [0.5, 0.6) is 0 Å². The lowest BCUT2D eigenvalue weighted by molar-refractivity contribution is -0.149. The molecule has 4 heterocycles. The number of benzene rings is 1. The Morgan fingerprint density at radius 2 is 1.90 bits per heavy atom. The van der Waals surface area contributed by atoms with Gasteiger partial charge in [0.2, 0.25) is 17.7 Å². The van der Waals surface area contributed by atoms with Crippen LogP contribution in [0.2, 0.25) is 0 Å². The molecule has 1 aromatic heterocycles. The van der Waals surface area contributed by atoms with E-state index < -0.39 is 29.6 Å². The van der Waals surface area contributed by atoms with Gasteiger partial charge in [0.25, 0.3) is 0 Å². The number of aliphatic hydroxyl groups excluding tert-OH is 1. The first-order chi connectivity index (χ1) is 20.4. The van der Waals surface area contributed by atoms with Crippen LogP contribution >= 0.6 is 0 Å². The van der Waals surface area contributed by atoms with Gasteiger partial charge >= 0.3 is 0 Å². The molecule has 5 atom stereocenters. The number of rotatable bonds is 15. The highest BCUT2D eigenvalue weighted by molar-refractivity contribution is 5.99. The minimum absolute atomic E-state index is 0.0692. The summed E-state index contributed by atoms with van der Waals surface area (Å²) in [7, 11) is 0. The van der Waals surface area contributed by atoms with E-state index in [2.05, 4.69) is 23.5 Å². The van der Waals surface area contributed by atoms with Crippen LogP contribution in [0.25, 0.3) is 11.0 Å². The molecule has 3 fully saturated rings. The zero-order valence-electron chi connectivity index (χ0n) is 24.4. The van der Waals surface area contributed by atoms with Crippen molar-refractivity contribution >= 4 is 28.8 Å². The van der Waals surface area contributed by atoms with Crippen LogP contribution in [0.15, 0.2) is 49.6 Å². The highest BCUT2D eigenvalue weighted by Gasteiger charge is 2.74. The molecule has 1 spiro atoms. The van der Waals surface area contributed by atoms with Crippen molar-refractivity contribution in [2.45, 2.75) is 69.9 Å². The summed E-state index contributed by atoms with van der Waals surface area (Å²) >= 11 is 0. The number of carbonyl (C=O) groups excluding carboxylic acids is 3. The Kier molecular flexibility index (Phi) is 9.08. The van der Waals surface area contributed by atoms with E-state index in [0.29, 0.717) is 45.3 Å². The summed E-state index contributed by atoms with van der Waals surface area (Å²) in [5.74, 6) is -1.91. The standard InChI is InChI=1S/C31H42N6O5/c1-4-16-34(17-5-2)28(39)25-24-14-15-31(42-24)26(25)29(40)36(19-10-7-11-20-38)27(31)30(41)35(18-6-3)21-37-23-13-9-8-12-22(23)32-33-37/h4,6,8-9,12-13,24-27,38H,1,3,5,7,10-11,14-21H2,2H3/t24-,25+,26+,27?,31?/m1/s1. The molecule has 0 saturated carbocycles. The van der Waals surface area contributed by atoms with Gasteiger partial charge < -0.3 is 24.5 Å². The average Bonchev–Trinajstić information content (AvgIpc) is 3.74. The van der Waals surface area contributed by atoms with Gasteiger partial charge in [-0.25, -0.2) is 4.68 Å². The van der Waals surface area contributed by atoms with E-state index in [4.69, 9.17) is 4.74 Å². The van der Waals surface area contributed by atoms with Crippen molar-refractivity contribution in [3.05, 3.63) is 49.6 Å². The number of hydrogen-bond acceptors (Lipinski definition) is 7. The maximum atomic E-state index is 14.6. The number of aliphatic hydroxyl groups is 1. The number of unbranched alkanes of at least 4 members (excludes halogenated alkanes) is 2. The molecular formula is C31H42N6O5. The number of ether oxygens (including phenoxy) is 1. The normalized spacial score (nSPS) is 26.0. The van der Waals surface area contributed by atoms with Crippen molar-refractivity contribution in [2.24, 2.45) is 11.8 Å². The molecule has 2 unspecified atom stereocenters. The zero-order chi connectivity index (χ0) is 29.9. The van der Waals surface area contributed by atoms with Gasteiger partial charge in [0, 0.05) is 32.8 Å². The van der Waals surface area contributed by atoms with E-state index in [9.17, 15) is 19.5 Å². The monoisotopic (exact) mass is 578 g/mol. The Morgan fingerprint density at radius 1 is 1.14 bits per heavy atom. The number of fused-ring (bicyclic) bond motifs is 2. The van der Waals surface area contributed by atoms with Crippen molar-refractivity contribution < 1.29 is 24.2 Å². The van der Waals surface area contributed by atoms with E-state index in [1.807, 2.05) is 31.2 Å². The molecule has 3 aliphatic heterocycles. The van der Waals surface area contributed by atoms with Crippen LogP contribution in [-0.4, -0.2) is 103 Å². The van der Waals surface area contributed by atoms with Crippen LogP contribution in [0, 0.1) is 11.8 Å². The van der Waals surface area contributed by atoms with Crippen LogP contribution < -0.4 is 0 Å². The first-order valence-corrected chi connectivity index (χ1v) is 15.1. The number of nitrogens with zero attached hydrogens (tertiary/aromatic N) is 6. The van der Waals surface area contributed by atoms with Gasteiger partial charge in [0.1, 0.15) is 23.8 Å². The van der Waals surface area contributed by atoms with Crippen LogP contribution in [0.1, 0.15) is 45.4 Å². The molecule has 5 rings (SSSR count). The second-order valence-electron chi connectivity index (χ2n) is 11.5. The SMILES string of the molecule is C=CCN(Cn1nnc2ccccc21)C(=O)C1N(CCCCCO)C(=O)[C@@H]2[C@@H](C(=O)N(CC=C)CCC)[C@H]3CCC12O3. The van der Waals surface area contributed by atoms with Gasteiger partial charge in [-0.15, -0.1) is 18.3 Å². The first kappa shape index (κ1) is 29.9. The average molecular weight is 579 g/mol. The summed E-state index contributed by atoms with van der Waals surface area (Å²) in [6.45, 7) is 11.5. The summed E-state index contributed by atoms with van der Waals surface area (Å²) in [6, 6.07) is 6.67. The molecule has 3 amide bonds. The van der Waals surface area contributed by atoms with E-state index in [1.54, 1.807) is 31.5 Å². The highest BCUT2D eigenvalue weighted by atomic mass is 16.5. The number of amides is 3. The number of likely N-dealkylation sites (tertiary alicyclic amines) is 1. The summed E-state index contributed by atoms with van der Waals surface area (Å²) in [4.78, 5) is 47.8. The third-order valence-electron chi connectivity index (χ3n) is 8.92. The van der Waals surface area contributed by atoms with Crippen molar-refractivity contribution in [2.75, 3.05) is 32.8 Å². The molecule has 11 nitrogen and oxygen atoms in total. The maximum Gasteiger partial charge on any atom is 0.250 e. The van der Waals surface area contributed by atoms with Gasteiger partial charge in [-0.3, -0.25) is 14.4 Å². The molecular weight excluding hydrogens is 536 g/mol. The topological polar surface area (TPSA) is 121 Å². The lowest BCUT2D eigenvalue weighted by Gasteiger charge is -2.37. The van der Waals surface area contributed by atoms with Gasteiger partial charge in [0.15, 0.2) is 0 Å². The van der Waals surface area contributed by atoms with Crippen molar-refractivity contribution in [1.82, 2.24) is 29.7 Å². The fraction of sp³-hybridized carbons (Fsp3) is 0.581. The van der Waals surface area contributed by atoms with Crippen molar-refractivity contribution in [3.63, 3.8) is 0 Å².